The van der Waals surface area contributed by atoms with E-state index in [4.69, 9.17) is 4.74 Å². The number of benzene rings is 1. The number of rotatable bonds is 6. The summed E-state index contributed by atoms with van der Waals surface area (Å²) in [6, 6.07) is 8.52. The summed E-state index contributed by atoms with van der Waals surface area (Å²) in [6.45, 7) is 5.16. The van der Waals surface area contributed by atoms with E-state index >= 15 is 0 Å². The fraction of sp³-hybridized carbons (Fsp3) is 0.400. The van der Waals surface area contributed by atoms with Crippen molar-refractivity contribution in [1.29, 1.82) is 0 Å². The Morgan fingerprint density at radius 2 is 2.00 bits per heavy atom. The van der Waals surface area contributed by atoms with Gasteiger partial charge in [0.15, 0.2) is 0 Å². The van der Waals surface area contributed by atoms with E-state index in [0.29, 0.717) is 12.0 Å². The van der Waals surface area contributed by atoms with Gasteiger partial charge in [-0.3, -0.25) is 0 Å². The summed E-state index contributed by atoms with van der Waals surface area (Å²) in [5, 5.41) is 3.54. The van der Waals surface area contributed by atoms with Crippen molar-refractivity contribution in [2.45, 2.75) is 26.4 Å². The Hall–Kier alpha value is -1.81. The summed E-state index contributed by atoms with van der Waals surface area (Å²) < 4.78 is 5.19. The molecule has 4 heteroatoms. The molecule has 0 bridgehead atoms. The predicted molar refractivity (Wildman–Crippen MR) is 76.0 cm³/mol. The monoisotopic (exact) mass is 259 g/mol. The number of methoxy groups -OCH3 is 1. The maximum absolute atomic E-state index is 5.19. The van der Waals surface area contributed by atoms with Gasteiger partial charge in [-0.2, -0.15) is 0 Å². The topological polar surface area (TPSA) is 49.9 Å². The summed E-state index contributed by atoms with van der Waals surface area (Å²) in [7, 11) is 1.68. The zero-order chi connectivity index (χ0) is 13.7. The fourth-order valence-electron chi connectivity index (χ4n) is 2.15. The van der Waals surface area contributed by atoms with Gasteiger partial charge < -0.3 is 15.0 Å². The van der Waals surface area contributed by atoms with Gasteiger partial charge in [-0.15, -0.1) is 0 Å². The molecule has 1 heterocycles. The molecule has 2 N–H and O–H groups in total. The van der Waals surface area contributed by atoms with Crippen LogP contribution in [-0.4, -0.2) is 17.1 Å². The molecule has 0 saturated heterocycles. The summed E-state index contributed by atoms with van der Waals surface area (Å²) in [6.07, 6.45) is 3.61. The molecule has 19 heavy (non-hydrogen) atoms. The van der Waals surface area contributed by atoms with Crippen LogP contribution in [0, 0.1) is 5.92 Å². The van der Waals surface area contributed by atoms with Crippen molar-refractivity contribution >= 4 is 0 Å². The minimum absolute atomic E-state index is 0.302. The third-order valence-electron chi connectivity index (χ3n) is 3.19. The summed E-state index contributed by atoms with van der Waals surface area (Å²) in [5.74, 6) is 2.35. The molecular formula is C15H21N3O. The van der Waals surface area contributed by atoms with E-state index in [0.717, 1.165) is 18.1 Å². The Morgan fingerprint density at radius 1 is 1.26 bits per heavy atom. The van der Waals surface area contributed by atoms with Gasteiger partial charge in [0.2, 0.25) is 0 Å². The maximum atomic E-state index is 5.19. The van der Waals surface area contributed by atoms with Crippen LogP contribution in [0.2, 0.25) is 0 Å². The number of ether oxygens (including phenoxy) is 1. The number of hydrogen-bond acceptors (Lipinski definition) is 3. The third-order valence-corrected chi connectivity index (χ3v) is 3.19. The molecule has 1 atom stereocenters. The second kappa shape index (κ2) is 6.38. The summed E-state index contributed by atoms with van der Waals surface area (Å²) in [5.41, 5.74) is 1.27. The SMILES string of the molecule is COc1ccc(C(NCc2ncc[nH]2)C(C)C)cc1. The Labute approximate surface area is 114 Å². The third kappa shape index (κ3) is 3.58. The van der Waals surface area contributed by atoms with Crippen molar-refractivity contribution < 1.29 is 4.74 Å². The van der Waals surface area contributed by atoms with Gasteiger partial charge in [0.1, 0.15) is 11.6 Å². The molecule has 0 aliphatic rings. The van der Waals surface area contributed by atoms with E-state index in [2.05, 4.69) is 41.3 Å². The van der Waals surface area contributed by atoms with E-state index in [9.17, 15) is 0 Å². The van der Waals surface area contributed by atoms with Gasteiger partial charge >= 0.3 is 0 Å². The van der Waals surface area contributed by atoms with Gasteiger partial charge in [-0.1, -0.05) is 26.0 Å². The van der Waals surface area contributed by atoms with Gasteiger partial charge in [-0.05, 0) is 23.6 Å². The van der Waals surface area contributed by atoms with Crippen molar-refractivity contribution in [3.8, 4) is 5.75 Å². The highest BCUT2D eigenvalue weighted by Gasteiger charge is 2.15. The van der Waals surface area contributed by atoms with Gasteiger partial charge in [0.05, 0.1) is 13.7 Å². The molecule has 0 spiro atoms. The van der Waals surface area contributed by atoms with Crippen LogP contribution < -0.4 is 10.1 Å². The highest BCUT2D eigenvalue weighted by atomic mass is 16.5. The van der Waals surface area contributed by atoms with Crippen molar-refractivity contribution in [2.24, 2.45) is 5.92 Å². The lowest BCUT2D eigenvalue weighted by Crippen LogP contribution is -2.25. The van der Waals surface area contributed by atoms with Crippen LogP contribution in [0.25, 0.3) is 0 Å². The Bertz CT molecular complexity index is 477. The van der Waals surface area contributed by atoms with Gasteiger partial charge in [-0.25, -0.2) is 4.98 Å². The van der Waals surface area contributed by atoms with Crippen LogP contribution in [0.4, 0.5) is 0 Å². The largest absolute Gasteiger partial charge is 0.497 e. The number of H-pyrrole nitrogens is 1. The molecule has 2 rings (SSSR count). The fourth-order valence-corrected chi connectivity index (χ4v) is 2.15. The lowest BCUT2D eigenvalue weighted by Gasteiger charge is -2.22. The molecule has 0 aliphatic carbocycles. The van der Waals surface area contributed by atoms with Crippen LogP contribution in [0.5, 0.6) is 5.75 Å². The quantitative estimate of drug-likeness (QED) is 0.838. The van der Waals surface area contributed by atoms with E-state index in [1.807, 2.05) is 18.3 Å². The minimum atomic E-state index is 0.302. The molecule has 0 aliphatic heterocycles. The van der Waals surface area contributed by atoms with Crippen LogP contribution >= 0.6 is 0 Å². The second-order valence-corrected chi connectivity index (χ2v) is 4.91. The first kappa shape index (κ1) is 13.6. The number of nitrogens with zero attached hydrogens (tertiary/aromatic N) is 1. The molecule has 1 aromatic carbocycles. The zero-order valence-electron chi connectivity index (χ0n) is 11.7. The predicted octanol–water partition coefficient (Wildman–Crippen LogP) is 2.91. The van der Waals surface area contributed by atoms with E-state index in [1.165, 1.54) is 5.56 Å². The van der Waals surface area contributed by atoms with Crippen LogP contribution in [0.3, 0.4) is 0 Å². The highest BCUT2D eigenvalue weighted by Crippen LogP contribution is 2.24. The molecule has 2 aromatic rings. The summed E-state index contributed by atoms with van der Waals surface area (Å²) in [4.78, 5) is 7.34. The van der Waals surface area contributed by atoms with E-state index < -0.39 is 0 Å². The van der Waals surface area contributed by atoms with Crippen molar-refractivity contribution in [3.05, 3.63) is 48.0 Å². The van der Waals surface area contributed by atoms with Crippen molar-refractivity contribution in [1.82, 2.24) is 15.3 Å². The van der Waals surface area contributed by atoms with Crippen molar-refractivity contribution in [3.63, 3.8) is 0 Å². The summed E-state index contributed by atoms with van der Waals surface area (Å²) >= 11 is 0. The lowest BCUT2D eigenvalue weighted by atomic mass is 9.96. The van der Waals surface area contributed by atoms with Crippen LogP contribution in [0.15, 0.2) is 36.7 Å². The number of aromatic amines is 1. The van der Waals surface area contributed by atoms with Crippen LogP contribution in [-0.2, 0) is 6.54 Å². The Kier molecular flexibility index (Phi) is 4.58. The molecule has 0 saturated carbocycles. The highest BCUT2D eigenvalue weighted by molar-refractivity contribution is 5.29. The number of imidazole rings is 1. The first-order valence-corrected chi connectivity index (χ1v) is 6.56. The molecule has 4 nitrogen and oxygen atoms in total. The van der Waals surface area contributed by atoms with E-state index in [-0.39, 0.29) is 0 Å². The molecular weight excluding hydrogens is 238 g/mol. The smallest absolute Gasteiger partial charge is 0.120 e. The van der Waals surface area contributed by atoms with E-state index in [1.54, 1.807) is 13.3 Å². The average molecular weight is 259 g/mol. The standard InChI is InChI=1S/C15H21N3O/c1-11(2)15(18-10-14-16-8-9-17-14)12-4-6-13(19-3)7-5-12/h4-9,11,15,18H,10H2,1-3H3,(H,16,17). The number of nitrogens with one attached hydrogen (secondary N) is 2. The number of aromatic nitrogens is 2. The average Bonchev–Trinajstić information content (AvgIpc) is 2.92. The van der Waals surface area contributed by atoms with Crippen molar-refractivity contribution in [2.75, 3.05) is 7.11 Å². The first-order chi connectivity index (χ1) is 9.20. The molecule has 1 unspecified atom stereocenters. The van der Waals surface area contributed by atoms with Gasteiger partial charge in [0.25, 0.3) is 0 Å². The first-order valence-electron chi connectivity index (χ1n) is 6.56. The van der Waals surface area contributed by atoms with Gasteiger partial charge in [0, 0.05) is 18.4 Å². The molecule has 1 aromatic heterocycles. The normalized spacial score (nSPS) is 12.6. The zero-order valence-corrected chi connectivity index (χ0v) is 11.7. The minimum Gasteiger partial charge on any atom is -0.497 e. The lowest BCUT2D eigenvalue weighted by molar-refractivity contribution is 0.401. The molecule has 0 amide bonds. The molecule has 102 valence electrons. The second-order valence-electron chi connectivity index (χ2n) is 4.91. The Balaban J connectivity index is 2.06. The Morgan fingerprint density at radius 3 is 2.53 bits per heavy atom. The molecule has 0 radical (unpaired) electrons. The van der Waals surface area contributed by atoms with Crippen LogP contribution in [0.1, 0.15) is 31.3 Å². The molecule has 0 fully saturated rings. The maximum Gasteiger partial charge on any atom is 0.120 e. The number of hydrogen-bond donors (Lipinski definition) is 2.